The Morgan fingerprint density at radius 2 is 1.90 bits per heavy atom. The van der Waals surface area contributed by atoms with E-state index in [1.54, 1.807) is 6.33 Å². The average molecular weight is 284 g/mol. The van der Waals surface area contributed by atoms with Gasteiger partial charge in [-0.3, -0.25) is 0 Å². The Morgan fingerprint density at radius 3 is 2.67 bits per heavy atom. The summed E-state index contributed by atoms with van der Waals surface area (Å²) < 4.78 is 0. The lowest BCUT2D eigenvalue weighted by molar-refractivity contribution is 0.278. The van der Waals surface area contributed by atoms with Crippen molar-refractivity contribution in [2.75, 3.05) is 17.6 Å². The molecule has 1 heterocycles. The predicted molar refractivity (Wildman–Crippen MR) is 88.2 cm³/mol. The number of benzene rings is 1. The number of hydrogen-bond acceptors (Lipinski definition) is 4. The van der Waals surface area contributed by atoms with E-state index in [-0.39, 0.29) is 0 Å². The van der Waals surface area contributed by atoms with Gasteiger partial charge in [0.2, 0.25) is 0 Å². The van der Waals surface area contributed by atoms with Crippen molar-refractivity contribution in [2.45, 2.75) is 39.0 Å². The Labute approximate surface area is 126 Å². The summed E-state index contributed by atoms with van der Waals surface area (Å²) in [6.07, 6.45) is 8.36. The van der Waals surface area contributed by atoms with Gasteiger partial charge in [-0.05, 0) is 42.9 Å². The maximum atomic E-state index is 5.88. The van der Waals surface area contributed by atoms with Crippen LogP contribution in [0.2, 0.25) is 0 Å². The minimum Gasteiger partial charge on any atom is -0.399 e. The molecule has 3 rings (SSSR count). The molecule has 1 fully saturated rings. The molecule has 112 valence electrons. The standard InChI is InChI=1S/C17H24N4/c1-2-12-3-5-13(6-4-12)10-19-17-15-9-14(18)7-8-16(15)20-11-21-17/h7-9,11-13H,2-6,10,18H2,1H3,(H,19,20,21). The Balaban J connectivity index is 1.67. The summed E-state index contributed by atoms with van der Waals surface area (Å²) >= 11 is 0. The van der Waals surface area contributed by atoms with Crippen molar-refractivity contribution in [1.82, 2.24) is 9.97 Å². The second-order valence-corrected chi connectivity index (χ2v) is 6.17. The lowest BCUT2D eigenvalue weighted by atomic mass is 9.81. The third kappa shape index (κ3) is 3.26. The van der Waals surface area contributed by atoms with Gasteiger partial charge >= 0.3 is 0 Å². The highest BCUT2D eigenvalue weighted by Gasteiger charge is 2.20. The second kappa shape index (κ2) is 6.29. The van der Waals surface area contributed by atoms with E-state index in [2.05, 4.69) is 22.2 Å². The first-order chi connectivity index (χ1) is 10.3. The number of fused-ring (bicyclic) bond motifs is 1. The fourth-order valence-corrected chi connectivity index (χ4v) is 3.30. The Kier molecular flexibility index (Phi) is 4.23. The monoisotopic (exact) mass is 284 g/mol. The van der Waals surface area contributed by atoms with Crippen LogP contribution >= 0.6 is 0 Å². The zero-order chi connectivity index (χ0) is 14.7. The Hall–Kier alpha value is -1.84. The smallest absolute Gasteiger partial charge is 0.137 e. The van der Waals surface area contributed by atoms with Crippen LogP contribution < -0.4 is 11.1 Å². The van der Waals surface area contributed by atoms with Gasteiger partial charge in [-0.1, -0.05) is 26.2 Å². The molecule has 0 unspecified atom stereocenters. The molecule has 3 N–H and O–H groups in total. The van der Waals surface area contributed by atoms with E-state index in [0.29, 0.717) is 0 Å². The van der Waals surface area contributed by atoms with Crippen LogP contribution in [0.3, 0.4) is 0 Å². The molecule has 4 nitrogen and oxygen atoms in total. The molecule has 1 aliphatic carbocycles. The number of anilines is 2. The molecular weight excluding hydrogens is 260 g/mol. The maximum Gasteiger partial charge on any atom is 0.137 e. The molecule has 0 amide bonds. The highest BCUT2D eigenvalue weighted by atomic mass is 15.0. The first-order valence-electron chi connectivity index (χ1n) is 8.00. The van der Waals surface area contributed by atoms with Crippen LogP contribution in [0.4, 0.5) is 11.5 Å². The van der Waals surface area contributed by atoms with Crippen molar-refractivity contribution < 1.29 is 0 Å². The molecule has 0 aliphatic heterocycles. The zero-order valence-corrected chi connectivity index (χ0v) is 12.7. The van der Waals surface area contributed by atoms with Crippen molar-refractivity contribution in [1.29, 1.82) is 0 Å². The van der Waals surface area contributed by atoms with Crippen molar-refractivity contribution in [3.63, 3.8) is 0 Å². The van der Waals surface area contributed by atoms with Crippen LogP contribution in [-0.4, -0.2) is 16.5 Å². The highest BCUT2D eigenvalue weighted by molar-refractivity contribution is 5.91. The van der Waals surface area contributed by atoms with E-state index in [0.717, 1.165) is 40.8 Å². The van der Waals surface area contributed by atoms with E-state index in [9.17, 15) is 0 Å². The molecule has 1 aromatic heterocycles. The van der Waals surface area contributed by atoms with E-state index < -0.39 is 0 Å². The van der Waals surface area contributed by atoms with Gasteiger partial charge < -0.3 is 11.1 Å². The molecule has 4 heteroatoms. The van der Waals surface area contributed by atoms with Gasteiger partial charge in [0.1, 0.15) is 12.1 Å². The second-order valence-electron chi connectivity index (χ2n) is 6.17. The molecular formula is C17H24N4. The largest absolute Gasteiger partial charge is 0.399 e. The lowest BCUT2D eigenvalue weighted by Crippen LogP contribution is -2.21. The highest BCUT2D eigenvalue weighted by Crippen LogP contribution is 2.31. The fraction of sp³-hybridized carbons (Fsp3) is 0.529. The summed E-state index contributed by atoms with van der Waals surface area (Å²) in [7, 11) is 0. The molecule has 0 bridgehead atoms. The van der Waals surface area contributed by atoms with Crippen LogP contribution in [0.5, 0.6) is 0 Å². The zero-order valence-electron chi connectivity index (χ0n) is 12.7. The SMILES string of the molecule is CCC1CCC(CNc2ncnc3ccc(N)cc23)CC1. The number of rotatable bonds is 4. The third-order valence-electron chi connectivity index (χ3n) is 4.76. The maximum absolute atomic E-state index is 5.88. The minimum absolute atomic E-state index is 0.754. The average Bonchev–Trinajstić information content (AvgIpc) is 2.53. The topological polar surface area (TPSA) is 63.8 Å². The Morgan fingerprint density at radius 1 is 1.14 bits per heavy atom. The number of nitrogens with two attached hydrogens (primary N) is 1. The van der Waals surface area contributed by atoms with Gasteiger partial charge in [0, 0.05) is 17.6 Å². The Bertz CT molecular complexity index is 603. The van der Waals surface area contributed by atoms with Gasteiger partial charge in [0.05, 0.1) is 5.52 Å². The van der Waals surface area contributed by atoms with Crippen LogP contribution in [0, 0.1) is 11.8 Å². The number of nitrogen functional groups attached to an aromatic ring is 1. The lowest BCUT2D eigenvalue weighted by Gasteiger charge is -2.28. The molecule has 21 heavy (non-hydrogen) atoms. The number of aromatic nitrogens is 2. The molecule has 0 atom stereocenters. The van der Waals surface area contributed by atoms with Crippen LogP contribution in [0.15, 0.2) is 24.5 Å². The van der Waals surface area contributed by atoms with E-state index in [1.165, 1.54) is 32.1 Å². The quantitative estimate of drug-likeness (QED) is 0.837. The van der Waals surface area contributed by atoms with Gasteiger partial charge in [0.15, 0.2) is 0 Å². The molecule has 1 aromatic carbocycles. The number of nitrogens with zero attached hydrogens (tertiary/aromatic N) is 2. The summed E-state index contributed by atoms with van der Waals surface area (Å²) in [5.74, 6) is 2.62. The summed E-state index contributed by atoms with van der Waals surface area (Å²) in [5, 5.41) is 4.52. The van der Waals surface area contributed by atoms with E-state index >= 15 is 0 Å². The number of nitrogens with one attached hydrogen (secondary N) is 1. The summed E-state index contributed by atoms with van der Waals surface area (Å²) in [6, 6.07) is 5.78. The van der Waals surface area contributed by atoms with Crippen LogP contribution in [0.25, 0.3) is 10.9 Å². The molecule has 2 aromatic rings. The van der Waals surface area contributed by atoms with Crippen LogP contribution in [-0.2, 0) is 0 Å². The molecule has 0 radical (unpaired) electrons. The molecule has 1 saturated carbocycles. The minimum atomic E-state index is 0.754. The molecule has 0 spiro atoms. The van der Waals surface area contributed by atoms with Gasteiger partial charge in [-0.25, -0.2) is 9.97 Å². The summed E-state index contributed by atoms with van der Waals surface area (Å²) in [4.78, 5) is 8.68. The van der Waals surface area contributed by atoms with Crippen molar-refractivity contribution in [2.24, 2.45) is 11.8 Å². The summed E-state index contributed by atoms with van der Waals surface area (Å²) in [6.45, 7) is 3.30. The first kappa shape index (κ1) is 14.1. The van der Waals surface area contributed by atoms with E-state index in [1.807, 2.05) is 18.2 Å². The first-order valence-corrected chi connectivity index (χ1v) is 8.00. The number of hydrogen-bond donors (Lipinski definition) is 2. The van der Waals surface area contributed by atoms with Crippen LogP contribution in [0.1, 0.15) is 39.0 Å². The van der Waals surface area contributed by atoms with Gasteiger partial charge in [-0.15, -0.1) is 0 Å². The molecule has 0 saturated heterocycles. The fourth-order valence-electron chi connectivity index (χ4n) is 3.30. The van der Waals surface area contributed by atoms with E-state index in [4.69, 9.17) is 5.73 Å². The normalized spacial score (nSPS) is 22.3. The van der Waals surface area contributed by atoms with Crippen molar-refractivity contribution >= 4 is 22.4 Å². The predicted octanol–water partition coefficient (Wildman–Crippen LogP) is 3.84. The van der Waals surface area contributed by atoms with Gasteiger partial charge in [0.25, 0.3) is 0 Å². The van der Waals surface area contributed by atoms with Crippen molar-refractivity contribution in [3.05, 3.63) is 24.5 Å². The summed E-state index contributed by atoms with van der Waals surface area (Å²) in [5.41, 5.74) is 7.57. The van der Waals surface area contributed by atoms with Crippen molar-refractivity contribution in [3.8, 4) is 0 Å². The van der Waals surface area contributed by atoms with Gasteiger partial charge in [-0.2, -0.15) is 0 Å². The molecule has 1 aliphatic rings. The third-order valence-corrected chi connectivity index (χ3v) is 4.76.